The zero-order valence-corrected chi connectivity index (χ0v) is 12.1. The lowest BCUT2D eigenvalue weighted by atomic mass is 9.75. The van der Waals surface area contributed by atoms with Gasteiger partial charge in [0.25, 0.3) is 0 Å². The predicted molar refractivity (Wildman–Crippen MR) is 79.1 cm³/mol. The molecule has 0 bridgehead atoms. The largest absolute Gasteiger partial charge is 0.330 e. The first kappa shape index (κ1) is 14.3. The van der Waals surface area contributed by atoms with E-state index in [1.165, 1.54) is 29.5 Å². The summed E-state index contributed by atoms with van der Waals surface area (Å²) in [4.78, 5) is 12.5. The number of hydrogen-bond acceptors (Lipinski definition) is 2. The molecule has 19 heavy (non-hydrogen) atoms. The minimum Gasteiger partial charge on any atom is -0.330 e. The molecule has 1 saturated carbocycles. The zero-order valence-electron chi connectivity index (χ0n) is 12.1. The summed E-state index contributed by atoms with van der Waals surface area (Å²) in [6.45, 7) is 4.82. The van der Waals surface area contributed by atoms with Crippen molar-refractivity contribution in [3.63, 3.8) is 0 Å². The van der Waals surface area contributed by atoms with Gasteiger partial charge in [-0.3, -0.25) is 4.79 Å². The predicted octanol–water partition coefficient (Wildman–Crippen LogP) is 3.18. The van der Waals surface area contributed by atoms with Crippen molar-refractivity contribution in [1.29, 1.82) is 0 Å². The Kier molecular flexibility index (Phi) is 4.76. The molecule has 1 aliphatic carbocycles. The fourth-order valence-corrected chi connectivity index (χ4v) is 3.22. The number of carbonyl (C=O) groups excluding carboxylic acids is 1. The van der Waals surface area contributed by atoms with Crippen LogP contribution in [0.2, 0.25) is 0 Å². The monoisotopic (exact) mass is 259 g/mol. The molecule has 2 rings (SSSR count). The molecule has 2 unspecified atom stereocenters. The maximum absolute atomic E-state index is 12.5. The van der Waals surface area contributed by atoms with E-state index in [0.717, 1.165) is 12.8 Å². The molecule has 104 valence electrons. The summed E-state index contributed by atoms with van der Waals surface area (Å²) in [6.07, 6.45) is 5.15. The lowest BCUT2D eigenvalue weighted by Crippen LogP contribution is -2.33. The number of carbonyl (C=O) groups is 1. The van der Waals surface area contributed by atoms with Crippen LogP contribution in [-0.2, 0) is 11.2 Å². The molecule has 0 aliphatic heterocycles. The average molecular weight is 259 g/mol. The summed E-state index contributed by atoms with van der Waals surface area (Å²) >= 11 is 0. The SMILES string of the molecule is Cc1ccc(C)c(CC(=O)C2CCCCC2CN)c1. The highest BCUT2D eigenvalue weighted by Crippen LogP contribution is 2.31. The molecule has 0 aromatic heterocycles. The summed E-state index contributed by atoms with van der Waals surface area (Å²) in [6, 6.07) is 6.36. The van der Waals surface area contributed by atoms with Crippen LogP contribution in [0.4, 0.5) is 0 Å². The van der Waals surface area contributed by atoms with Crippen LogP contribution in [0.25, 0.3) is 0 Å². The Labute approximate surface area is 116 Å². The summed E-state index contributed by atoms with van der Waals surface area (Å²) in [5, 5.41) is 0. The van der Waals surface area contributed by atoms with E-state index < -0.39 is 0 Å². The Bertz CT molecular complexity index is 453. The van der Waals surface area contributed by atoms with E-state index in [2.05, 4.69) is 32.0 Å². The first-order valence-electron chi connectivity index (χ1n) is 7.40. The van der Waals surface area contributed by atoms with Gasteiger partial charge < -0.3 is 5.73 Å². The molecule has 1 aromatic rings. The van der Waals surface area contributed by atoms with Crippen molar-refractivity contribution < 1.29 is 4.79 Å². The second-order valence-corrected chi connectivity index (χ2v) is 5.96. The van der Waals surface area contributed by atoms with Crippen molar-refractivity contribution in [3.05, 3.63) is 34.9 Å². The van der Waals surface area contributed by atoms with Gasteiger partial charge in [-0.25, -0.2) is 0 Å². The summed E-state index contributed by atoms with van der Waals surface area (Å²) < 4.78 is 0. The summed E-state index contributed by atoms with van der Waals surface area (Å²) in [5.41, 5.74) is 9.46. The quantitative estimate of drug-likeness (QED) is 0.902. The Balaban J connectivity index is 2.09. The molecular weight excluding hydrogens is 234 g/mol. The minimum absolute atomic E-state index is 0.193. The molecule has 2 atom stereocenters. The van der Waals surface area contributed by atoms with Crippen LogP contribution >= 0.6 is 0 Å². The maximum atomic E-state index is 12.5. The Hall–Kier alpha value is -1.15. The van der Waals surface area contributed by atoms with Crippen molar-refractivity contribution in [2.75, 3.05) is 6.54 Å². The fraction of sp³-hybridized carbons (Fsp3) is 0.588. The van der Waals surface area contributed by atoms with E-state index in [-0.39, 0.29) is 5.92 Å². The molecule has 1 aromatic carbocycles. The number of ketones is 1. The third-order valence-electron chi connectivity index (χ3n) is 4.49. The molecule has 0 spiro atoms. The average Bonchev–Trinajstić information content (AvgIpc) is 2.42. The second kappa shape index (κ2) is 6.33. The summed E-state index contributed by atoms with van der Waals surface area (Å²) in [7, 11) is 0. The van der Waals surface area contributed by atoms with Gasteiger partial charge >= 0.3 is 0 Å². The van der Waals surface area contributed by atoms with E-state index in [1.807, 2.05) is 0 Å². The van der Waals surface area contributed by atoms with E-state index in [4.69, 9.17) is 5.73 Å². The van der Waals surface area contributed by atoms with Gasteiger partial charge in [0.15, 0.2) is 0 Å². The van der Waals surface area contributed by atoms with Gasteiger partial charge in [-0.1, -0.05) is 36.6 Å². The van der Waals surface area contributed by atoms with Gasteiger partial charge in [0.1, 0.15) is 5.78 Å². The summed E-state index contributed by atoms with van der Waals surface area (Å²) in [5.74, 6) is 0.994. The van der Waals surface area contributed by atoms with Crippen LogP contribution in [0.3, 0.4) is 0 Å². The molecular formula is C17H25NO. The van der Waals surface area contributed by atoms with Crippen LogP contribution < -0.4 is 5.73 Å². The maximum Gasteiger partial charge on any atom is 0.140 e. The molecule has 1 fully saturated rings. The van der Waals surface area contributed by atoms with Gasteiger partial charge in [-0.2, -0.15) is 0 Å². The Morgan fingerprint density at radius 2 is 2.00 bits per heavy atom. The highest BCUT2D eigenvalue weighted by molar-refractivity contribution is 5.84. The van der Waals surface area contributed by atoms with Gasteiger partial charge in [0.2, 0.25) is 0 Å². The van der Waals surface area contributed by atoms with Gasteiger partial charge in [-0.15, -0.1) is 0 Å². The van der Waals surface area contributed by atoms with Crippen LogP contribution in [0.15, 0.2) is 18.2 Å². The normalized spacial score (nSPS) is 23.3. The van der Waals surface area contributed by atoms with Crippen LogP contribution in [0.1, 0.15) is 42.4 Å². The highest BCUT2D eigenvalue weighted by atomic mass is 16.1. The third-order valence-corrected chi connectivity index (χ3v) is 4.49. The molecule has 0 saturated heterocycles. The lowest BCUT2D eigenvalue weighted by Gasteiger charge is -2.29. The molecule has 2 N–H and O–H groups in total. The van der Waals surface area contributed by atoms with Crippen LogP contribution in [-0.4, -0.2) is 12.3 Å². The van der Waals surface area contributed by atoms with Crippen molar-refractivity contribution in [1.82, 2.24) is 0 Å². The van der Waals surface area contributed by atoms with Crippen molar-refractivity contribution in [2.24, 2.45) is 17.6 Å². The molecule has 0 radical (unpaired) electrons. The van der Waals surface area contributed by atoms with Crippen molar-refractivity contribution >= 4 is 5.78 Å². The highest BCUT2D eigenvalue weighted by Gasteiger charge is 2.29. The first-order valence-corrected chi connectivity index (χ1v) is 7.40. The molecule has 0 heterocycles. The topological polar surface area (TPSA) is 43.1 Å². The third kappa shape index (κ3) is 3.44. The molecule has 2 nitrogen and oxygen atoms in total. The second-order valence-electron chi connectivity index (χ2n) is 5.96. The van der Waals surface area contributed by atoms with Crippen LogP contribution in [0.5, 0.6) is 0 Å². The van der Waals surface area contributed by atoms with Gasteiger partial charge in [0, 0.05) is 12.3 Å². The fourth-order valence-electron chi connectivity index (χ4n) is 3.22. The number of aryl methyl sites for hydroxylation is 2. The van der Waals surface area contributed by atoms with E-state index in [1.54, 1.807) is 0 Å². The molecule has 1 aliphatic rings. The van der Waals surface area contributed by atoms with Crippen molar-refractivity contribution in [3.8, 4) is 0 Å². The van der Waals surface area contributed by atoms with Crippen molar-refractivity contribution in [2.45, 2.75) is 46.0 Å². The van der Waals surface area contributed by atoms with E-state index >= 15 is 0 Å². The minimum atomic E-state index is 0.193. The van der Waals surface area contributed by atoms with E-state index in [9.17, 15) is 4.79 Å². The Morgan fingerprint density at radius 3 is 2.74 bits per heavy atom. The molecule has 2 heteroatoms. The number of nitrogens with two attached hydrogens (primary N) is 1. The smallest absolute Gasteiger partial charge is 0.140 e. The number of rotatable bonds is 4. The lowest BCUT2D eigenvalue weighted by molar-refractivity contribution is -0.124. The van der Waals surface area contributed by atoms with E-state index in [0.29, 0.717) is 24.7 Å². The zero-order chi connectivity index (χ0) is 13.8. The number of Topliss-reactive ketones (excluding diaryl/α,β-unsaturated/α-hetero) is 1. The number of benzene rings is 1. The Morgan fingerprint density at radius 1 is 1.26 bits per heavy atom. The standard InChI is InChI=1S/C17H25NO/c1-12-7-8-13(2)15(9-12)10-17(19)16-6-4-3-5-14(16)11-18/h7-9,14,16H,3-6,10-11,18H2,1-2H3. The number of hydrogen-bond donors (Lipinski definition) is 1. The van der Waals surface area contributed by atoms with Gasteiger partial charge in [-0.05, 0) is 50.3 Å². The van der Waals surface area contributed by atoms with Gasteiger partial charge in [0.05, 0.1) is 0 Å². The first-order chi connectivity index (χ1) is 9.11. The van der Waals surface area contributed by atoms with Crippen LogP contribution in [0, 0.1) is 25.7 Å². The molecule has 0 amide bonds.